The van der Waals surface area contributed by atoms with Crippen LogP contribution in [-0.4, -0.2) is 13.0 Å². The third-order valence-electron chi connectivity index (χ3n) is 1.46. The largest absolute Gasteiger partial charge is 0.388 e. The van der Waals surface area contributed by atoms with Gasteiger partial charge in [0.15, 0.2) is 0 Å². The maximum atomic E-state index is 10.6. The monoisotopic (exact) mass is 180 g/mol. The Morgan fingerprint density at radius 2 is 1.69 bits per heavy atom. The normalized spacial score (nSPS) is 8.23. The second-order valence-electron chi connectivity index (χ2n) is 2.19. The van der Waals surface area contributed by atoms with E-state index in [0.717, 1.165) is 5.69 Å². The summed E-state index contributed by atoms with van der Waals surface area (Å²) in [4.78, 5) is 10.6. The van der Waals surface area contributed by atoms with Crippen LogP contribution in [0.1, 0.15) is 24.2 Å². The zero-order valence-electron chi connectivity index (χ0n) is 8.29. The second kappa shape index (κ2) is 6.06. The molecule has 72 valence electrons. The van der Waals surface area contributed by atoms with Gasteiger partial charge in [-0.25, -0.2) is 0 Å². The van der Waals surface area contributed by atoms with E-state index in [9.17, 15) is 4.79 Å². The molecule has 0 bridgehead atoms. The average molecular weight is 180 g/mol. The molecule has 3 N–H and O–H groups in total. The van der Waals surface area contributed by atoms with Crippen LogP contribution >= 0.6 is 0 Å². The smallest absolute Gasteiger partial charge is 0.248 e. The van der Waals surface area contributed by atoms with Crippen molar-refractivity contribution in [3.8, 4) is 0 Å². The molecule has 0 aliphatic rings. The number of hydrogen-bond donors (Lipinski definition) is 2. The van der Waals surface area contributed by atoms with Gasteiger partial charge in [0.05, 0.1) is 0 Å². The van der Waals surface area contributed by atoms with Crippen molar-refractivity contribution in [2.75, 3.05) is 12.4 Å². The molecule has 0 spiro atoms. The van der Waals surface area contributed by atoms with Gasteiger partial charge in [0.1, 0.15) is 0 Å². The highest BCUT2D eigenvalue weighted by atomic mass is 16.1. The fourth-order valence-electron chi connectivity index (χ4n) is 0.801. The van der Waals surface area contributed by atoms with Crippen LogP contribution in [0, 0.1) is 0 Å². The molecule has 1 aromatic carbocycles. The lowest BCUT2D eigenvalue weighted by atomic mass is 10.2. The Labute approximate surface area is 78.9 Å². The Bertz CT molecular complexity index is 254. The van der Waals surface area contributed by atoms with Crippen LogP contribution in [0.15, 0.2) is 24.3 Å². The van der Waals surface area contributed by atoms with Crippen LogP contribution in [0.3, 0.4) is 0 Å². The summed E-state index contributed by atoms with van der Waals surface area (Å²) in [6.45, 7) is 4.00. The van der Waals surface area contributed by atoms with Gasteiger partial charge in [0.2, 0.25) is 5.91 Å². The van der Waals surface area contributed by atoms with Crippen molar-refractivity contribution in [3.63, 3.8) is 0 Å². The van der Waals surface area contributed by atoms with Crippen molar-refractivity contribution in [2.24, 2.45) is 5.73 Å². The molecular weight excluding hydrogens is 164 g/mol. The van der Waals surface area contributed by atoms with Crippen molar-refractivity contribution in [3.05, 3.63) is 29.8 Å². The number of rotatable bonds is 2. The zero-order valence-corrected chi connectivity index (χ0v) is 8.29. The molecule has 0 unspecified atom stereocenters. The van der Waals surface area contributed by atoms with Gasteiger partial charge in [-0.3, -0.25) is 4.79 Å². The summed E-state index contributed by atoms with van der Waals surface area (Å²) in [6.07, 6.45) is 0. The van der Waals surface area contributed by atoms with Gasteiger partial charge in [-0.05, 0) is 24.3 Å². The Morgan fingerprint density at radius 3 is 2.00 bits per heavy atom. The molecule has 0 heterocycles. The minimum atomic E-state index is -0.396. The van der Waals surface area contributed by atoms with Crippen molar-refractivity contribution in [2.45, 2.75) is 13.8 Å². The summed E-state index contributed by atoms with van der Waals surface area (Å²) in [5.74, 6) is -0.396. The molecule has 3 nitrogen and oxygen atoms in total. The number of hydrogen-bond acceptors (Lipinski definition) is 2. The molecule has 0 aromatic heterocycles. The molecule has 0 radical (unpaired) electrons. The molecule has 1 aromatic rings. The Kier molecular flexibility index (Phi) is 5.35. The van der Waals surface area contributed by atoms with Gasteiger partial charge >= 0.3 is 0 Å². The Morgan fingerprint density at radius 1 is 1.23 bits per heavy atom. The predicted molar refractivity (Wildman–Crippen MR) is 55.9 cm³/mol. The highest BCUT2D eigenvalue weighted by molar-refractivity contribution is 5.93. The topological polar surface area (TPSA) is 55.1 Å². The van der Waals surface area contributed by atoms with E-state index in [4.69, 9.17) is 5.73 Å². The summed E-state index contributed by atoms with van der Waals surface area (Å²) in [5.41, 5.74) is 6.55. The fourth-order valence-corrected chi connectivity index (χ4v) is 0.801. The molecule has 3 heteroatoms. The number of benzene rings is 1. The Hall–Kier alpha value is -1.51. The quantitative estimate of drug-likeness (QED) is 0.729. The molecule has 1 amide bonds. The molecule has 0 aliphatic heterocycles. The standard InChI is InChI=1S/C8H10N2O.C2H6/c1-10-7-4-2-6(3-5-7)8(9)11;1-2/h2-5,10H,1H3,(H2,9,11);1-2H3. The lowest BCUT2D eigenvalue weighted by Gasteiger charge is -1.99. The minimum Gasteiger partial charge on any atom is -0.388 e. The van der Waals surface area contributed by atoms with Gasteiger partial charge in [0, 0.05) is 18.3 Å². The summed E-state index contributed by atoms with van der Waals surface area (Å²) in [6, 6.07) is 6.99. The summed E-state index contributed by atoms with van der Waals surface area (Å²) >= 11 is 0. The first kappa shape index (κ1) is 11.5. The van der Waals surface area contributed by atoms with Crippen LogP contribution < -0.4 is 11.1 Å². The van der Waals surface area contributed by atoms with E-state index < -0.39 is 5.91 Å². The van der Waals surface area contributed by atoms with Crippen LogP contribution in [0.4, 0.5) is 5.69 Å². The molecule has 1 rings (SSSR count). The highest BCUT2D eigenvalue weighted by Crippen LogP contribution is 2.07. The maximum absolute atomic E-state index is 10.6. The van der Waals surface area contributed by atoms with E-state index in [2.05, 4.69) is 5.32 Å². The maximum Gasteiger partial charge on any atom is 0.248 e. The molecule has 0 fully saturated rings. The molecule has 0 aliphatic carbocycles. The Balaban J connectivity index is 0.000000671. The number of anilines is 1. The molecule has 13 heavy (non-hydrogen) atoms. The summed E-state index contributed by atoms with van der Waals surface area (Å²) in [5, 5.41) is 2.94. The van der Waals surface area contributed by atoms with E-state index in [-0.39, 0.29) is 0 Å². The first-order valence-electron chi connectivity index (χ1n) is 4.31. The first-order chi connectivity index (χ1) is 6.24. The molecule has 0 saturated carbocycles. The van der Waals surface area contributed by atoms with Gasteiger partial charge in [-0.2, -0.15) is 0 Å². The van der Waals surface area contributed by atoms with Gasteiger partial charge in [0.25, 0.3) is 0 Å². The van der Waals surface area contributed by atoms with Crippen LogP contribution in [0.2, 0.25) is 0 Å². The predicted octanol–water partition coefficient (Wildman–Crippen LogP) is 1.85. The van der Waals surface area contributed by atoms with Gasteiger partial charge < -0.3 is 11.1 Å². The second-order valence-corrected chi connectivity index (χ2v) is 2.19. The summed E-state index contributed by atoms with van der Waals surface area (Å²) < 4.78 is 0. The van der Waals surface area contributed by atoms with Crippen molar-refractivity contribution in [1.82, 2.24) is 0 Å². The first-order valence-corrected chi connectivity index (χ1v) is 4.31. The lowest BCUT2D eigenvalue weighted by Crippen LogP contribution is -2.10. The zero-order chi connectivity index (χ0) is 10.3. The van der Waals surface area contributed by atoms with E-state index in [1.54, 1.807) is 24.3 Å². The van der Waals surface area contributed by atoms with Crippen molar-refractivity contribution in [1.29, 1.82) is 0 Å². The van der Waals surface area contributed by atoms with Crippen LogP contribution in [0.25, 0.3) is 0 Å². The average Bonchev–Trinajstić information content (AvgIpc) is 2.21. The SMILES string of the molecule is CC.CNc1ccc(C(N)=O)cc1. The third-order valence-corrected chi connectivity index (χ3v) is 1.46. The van der Waals surface area contributed by atoms with Crippen LogP contribution in [0.5, 0.6) is 0 Å². The number of carbonyl (C=O) groups excluding carboxylic acids is 1. The molecular formula is C10H16N2O. The number of nitrogens with two attached hydrogens (primary N) is 1. The highest BCUT2D eigenvalue weighted by Gasteiger charge is 1.97. The lowest BCUT2D eigenvalue weighted by molar-refractivity contribution is 0.100. The van der Waals surface area contributed by atoms with Crippen LogP contribution in [-0.2, 0) is 0 Å². The number of carbonyl (C=O) groups is 1. The molecule has 0 atom stereocenters. The third kappa shape index (κ3) is 3.60. The van der Waals surface area contributed by atoms with Crippen molar-refractivity contribution < 1.29 is 4.79 Å². The van der Waals surface area contributed by atoms with Crippen molar-refractivity contribution >= 4 is 11.6 Å². The number of primary amides is 1. The van der Waals surface area contributed by atoms with E-state index in [1.165, 1.54) is 0 Å². The number of amides is 1. The molecule has 0 saturated heterocycles. The fraction of sp³-hybridized carbons (Fsp3) is 0.300. The van der Waals surface area contributed by atoms with E-state index in [0.29, 0.717) is 5.56 Å². The van der Waals surface area contributed by atoms with Gasteiger partial charge in [-0.15, -0.1) is 0 Å². The minimum absolute atomic E-state index is 0.396. The number of nitrogens with one attached hydrogen (secondary N) is 1. The van der Waals surface area contributed by atoms with E-state index >= 15 is 0 Å². The van der Waals surface area contributed by atoms with E-state index in [1.807, 2.05) is 20.9 Å². The van der Waals surface area contributed by atoms with Gasteiger partial charge in [-0.1, -0.05) is 13.8 Å². The summed E-state index contributed by atoms with van der Waals surface area (Å²) in [7, 11) is 1.82.